The van der Waals surface area contributed by atoms with Gasteiger partial charge in [-0.3, -0.25) is 4.79 Å². The highest BCUT2D eigenvalue weighted by atomic mass is 32.2. The van der Waals surface area contributed by atoms with Crippen molar-refractivity contribution >= 4 is 33.0 Å². The number of aromatic nitrogens is 1. The fourth-order valence-corrected chi connectivity index (χ4v) is 6.03. The molecule has 1 saturated heterocycles. The number of nitrogens with one attached hydrogen (secondary N) is 1. The highest BCUT2D eigenvalue weighted by Crippen LogP contribution is 2.32. The summed E-state index contributed by atoms with van der Waals surface area (Å²) >= 11 is 1.63. The van der Waals surface area contributed by atoms with Gasteiger partial charge in [-0.15, -0.1) is 11.3 Å². The highest BCUT2D eigenvalue weighted by molar-refractivity contribution is 7.89. The van der Waals surface area contributed by atoms with Crippen molar-refractivity contribution in [2.45, 2.75) is 31.2 Å². The predicted molar refractivity (Wildman–Crippen MR) is 121 cm³/mol. The van der Waals surface area contributed by atoms with E-state index in [2.05, 4.69) is 5.32 Å². The Balaban J connectivity index is 1.59. The van der Waals surface area contributed by atoms with Gasteiger partial charge in [-0.25, -0.2) is 8.42 Å². The molecule has 1 aromatic carbocycles. The lowest BCUT2D eigenvalue weighted by Gasteiger charge is -2.19. The summed E-state index contributed by atoms with van der Waals surface area (Å²) < 4.78 is 35.2. The first kappa shape index (κ1) is 21.6. The molecule has 1 aliphatic heterocycles. The van der Waals surface area contributed by atoms with Gasteiger partial charge in [-0.1, -0.05) is 6.07 Å². The number of carbonyl (C=O) groups is 1. The monoisotopic (exact) mass is 459 g/mol. The van der Waals surface area contributed by atoms with Gasteiger partial charge in [0, 0.05) is 29.9 Å². The molecule has 31 heavy (non-hydrogen) atoms. The van der Waals surface area contributed by atoms with Gasteiger partial charge in [0.05, 0.1) is 13.2 Å². The van der Waals surface area contributed by atoms with E-state index in [0.29, 0.717) is 43.4 Å². The van der Waals surface area contributed by atoms with Crippen LogP contribution in [0, 0.1) is 0 Å². The molecular formula is C22H25N3O4S2. The van der Waals surface area contributed by atoms with Gasteiger partial charge >= 0.3 is 0 Å². The minimum absolute atomic E-state index is 0.0861. The summed E-state index contributed by atoms with van der Waals surface area (Å²) in [6, 6.07) is 12.3. The molecule has 0 unspecified atom stereocenters. The summed E-state index contributed by atoms with van der Waals surface area (Å²) in [5, 5.41) is 4.84. The fraction of sp³-hybridized carbons (Fsp3) is 0.318. The molecule has 1 aliphatic rings. The molecule has 0 spiro atoms. The van der Waals surface area contributed by atoms with Crippen LogP contribution in [-0.4, -0.2) is 42.9 Å². The third-order valence-electron chi connectivity index (χ3n) is 5.15. The van der Waals surface area contributed by atoms with Gasteiger partial charge < -0.3 is 14.6 Å². The van der Waals surface area contributed by atoms with Crippen molar-refractivity contribution in [1.82, 2.24) is 8.87 Å². The maximum atomic E-state index is 13.2. The Morgan fingerprint density at radius 3 is 2.68 bits per heavy atom. The summed E-state index contributed by atoms with van der Waals surface area (Å²) in [6.45, 7) is 3.76. The summed E-state index contributed by atoms with van der Waals surface area (Å²) in [6.07, 6.45) is 3.55. The average Bonchev–Trinajstić information content (AvgIpc) is 3.52. The number of carbonyl (C=O) groups excluding carboxylic acids is 1. The fourth-order valence-electron chi connectivity index (χ4n) is 3.65. The molecule has 0 radical (unpaired) electrons. The minimum atomic E-state index is -3.69. The Hall–Kier alpha value is -2.62. The highest BCUT2D eigenvalue weighted by Gasteiger charge is 2.30. The molecule has 9 heteroatoms. The van der Waals surface area contributed by atoms with Crippen molar-refractivity contribution in [3.63, 3.8) is 0 Å². The lowest BCUT2D eigenvalue weighted by atomic mass is 10.3. The van der Waals surface area contributed by atoms with E-state index in [1.807, 2.05) is 41.3 Å². The average molecular weight is 460 g/mol. The zero-order valence-electron chi connectivity index (χ0n) is 17.3. The molecule has 1 amide bonds. The van der Waals surface area contributed by atoms with E-state index in [1.165, 1.54) is 10.4 Å². The van der Waals surface area contributed by atoms with Crippen LogP contribution in [0.3, 0.4) is 0 Å². The quantitative estimate of drug-likeness (QED) is 0.551. The smallest absolute Gasteiger partial charge is 0.272 e. The second-order valence-corrected chi connectivity index (χ2v) is 10.2. The number of benzene rings is 1. The van der Waals surface area contributed by atoms with Crippen LogP contribution in [0.25, 0.3) is 0 Å². The number of amides is 1. The molecule has 3 heterocycles. The predicted octanol–water partition coefficient (Wildman–Crippen LogP) is 4.03. The summed E-state index contributed by atoms with van der Waals surface area (Å²) in [5.74, 6) is 0.00343. The van der Waals surface area contributed by atoms with Crippen molar-refractivity contribution in [2.24, 2.45) is 0 Å². The van der Waals surface area contributed by atoms with Crippen LogP contribution in [0.4, 0.5) is 5.69 Å². The first-order valence-electron chi connectivity index (χ1n) is 10.2. The van der Waals surface area contributed by atoms with E-state index < -0.39 is 10.0 Å². The van der Waals surface area contributed by atoms with E-state index in [9.17, 15) is 13.2 Å². The molecule has 0 saturated carbocycles. The number of thiophene rings is 1. The first-order valence-corrected chi connectivity index (χ1v) is 12.6. The van der Waals surface area contributed by atoms with Gasteiger partial charge in [0.2, 0.25) is 10.0 Å². The molecule has 2 aromatic heterocycles. The lowest BCUT2D eigenvalue weighted by Crippen LogP contribution is -2.28. The Bertz CT molecular complexity index is 1150. The van der Waals surface area contributed by atoms with E-state index in [1.54, 1.807) is 29.5 Å². The summed E-state index contributed by atoms with van der Waals surface area (Å²) in [7, 11) is -3.69. The second kappa shape index (κ2) is 9.25. The van der Waals surface area contributed by atoms with Gasteiger partial charge in [-0.2, -0.15) is 4.31 Å². The molecule has 1 N–H and O–H groups in total. The number of anilines is 1. The van der Waals surface area contributed by atoms with Gasteiger partial charge in [0.1, 0.15) is 16.3 Å². The number of sulfonamides is 1. The topological polar surface area (TPSA) is 80.6 Å². The second-order valence-electron chi connectivity index (χ2n) is 7.26. The van der Waals surface area contributed by atoms with Gasteiger partial charge in [-0.05, 0) is 61.5 Å². The van der Waals surface area contributed by atoms with Crippen LogP contribution in [-0.2, 0) is 16.6 Å². The van der Waals surface area contributed by atoms with Crippen LogP contribution in [0.15, 0.2) is 58.9 Å². The van der Waals surface area contributed by atoms with Crippen LogP contribution in [0.5, 0.6) is 5.75 Å². The van der Waals surface area contributed by atoms with Crippen LogP contribution in [0.2, 0.25) is 0 Å². The van der Waals surface area contributed by atoms with Crippen molar-refractivity contribution in [3.05, 3.63) is 64.6 Å². The number of ether oxygens (including phenoxy) is 1. The van der Waals surface area contributed by atoms with E-state index in [0.717, 1.165) is 17.7 Å². The van der Waals surface area contributed by atoms with Gasteiger partial charge in [0.25, 0.3) is 5.91 Å². The van der Waals surface area contributed by atoms with Crippen LogP contribution in [0.1, 0.15) is 35.1 Å². The number of rotatable bonds is 8. The molecule has 4 rings (SSSR count). The van der Waals surface area contributed by atoms with Crippen molar-refractivity contribution < 1.29 is 17.9 Å². The largest absolute Gasteiger partial charge is 0.492 e. The molecule has 164 valence electrons. The maximum Gasteiger partial charge on any atom is 0.272 e. The first-order chi connectivity index (χ1) is 15.0. The zero-order valence-corrected chi connectivity index (χ0v) is 18.9. The van der Waals surface area contributed by atoms with Crippen LogP contribution < -0.4 is 10.1 Å². The van der Waals surface area contributed by atoms with Crippen molar-refractivity contribution in [2.75, 3.05) is 25.0 Å². The maximum absolute atomic E-state index is 13.2. The lowest BCUT2D eigenvalue weighted by molar-refractivity contribution is 0.101. The Kier molecular flexibility index (Phi) is 6.45. The summed E-state index contributed by atoms with van der Waals surface area (Å²) in [5.41, 5.74) is 0.918. The number of nitrogens with zero attached hydrogens (tertiary/aromatic N) is 2. The van der Waals surface area contributed by atoms with E-state index >= 15 is 0 Å². The number of hydrogen-bond acceptors (Lipinski definition) is 5. The molecule has 0 bridgehead atoms. The third-order valence-corrected chi connectivity index (χ3v) is 7.93. The Labute approximate surface area is 186 Å². The number of hydrogen-bond donors (Lipinski definition) is 1. The molecule has 0 aliphatic carbocycles. The molecule has 0 atom stereocenters. The molecule has 3 aromatic rings. The minimum Gasteiger partial charge on any atom is -0.492 e. The third kappa shape index (κ3) is 4.68. The van der Waals surface area contributed by atoms with E-state index in [4.69, 9.17) is 4.74 Å². The van der Waals surface area contributed by atoms with Gasteiger partial charge in [0.15, 0.2) is 0 Å². The SMILES string of the molecule is CCOc1ccc(NC(=O)c2cccn2Cc2cccs2)cc1S(=O)(=O)N1CCCC1. The molecular weight excluding hydrogens is 434 g/mol. The van der Waals surface area contributed by atoms with E-state index in [-0.39, 0.29) is 10.8 Å². The standard InChI is InChI=1S/C22H25N3O4S2/c1-2-29-20-10-9-17(15-21(20)31(27,28)25-12-3-4-13-25)23-22(26)19-8-5-11-24(19)16-18-7-6-14-30-18/h5-11,14-15H,2-4,12-13,16H2,1H3,(H,23,26). The Morgan fingerprint density at radius 1 is 1.16 bits per heavy atom. The zero-order chi connectivity index (χ0) is 21.8. The van der Waals surface area contributed by atoms with Crippen molar-refractivity contribution in [3.8, 4) is 5.75 Å². The van der Waals surface area contributed by atoms with Crippen LogP contribution >= 0.6 is 11.3 Å². The Morgan fingerprint density at radius 2 is 1.97 bits per heavy atom. The molecule has 7 nitrogen and oxygen atoms in total. The molecule has 1 fully saturated rings. The normalized spacial score (nSPS) is 14.6. The summed E-state index contributed by atoms with van der Waals surface area (Å²) in [4.78, 5) is 14.2. The van der Waals surface area contributed by atoms with Crippen molar-refractivity contribution in [1.29, 1.82) is 0 Å².